The average Bonchev–Trinajstić information content (AvgIpc) is 2.02. The summed E-state index contributed by atoms with van der Waals surface area (Å²) in [4.78, 5) is 24.3. The molecular weight excluding hydrogens is 173 g/mol. The summed E-state index contributed by atoms with van der Waals surface area (Å²) >= 11 is 0. The number of ketones is 1. The Morgan fingerprint density at radius 3 is 2.54 bits per heavy atom. The fraction of sp³-hybridized carbons (Fsp3) is 0.143. The molecule has 0 spiro atoms. The van der Waals surface area contributed by atoms with Crippen LogP contribution in [0.3, 0.4) is 0 Å². The van der Waals surface area contributed by atoms with E-state index < -0.39 is 18.5 Å². The van der Waals surface area contributed by atoms with Gasteiger partial charge in [0.2, 0.25) is 0 Å². The van der Waals surface area contributed by atoms with Crippen LogP contribution in [0.2, 0.25) is 0 Å². The summed E-state index contributed by atoms with van der Waals surface area (Å²) in [6, 6.07) is 1.28. The number of aromatic amines is 1. The van der Waals surface area contributed by atoms with Crippen LogP contribution in [0.1, 0.15) is 17.3 Å². The second-order valence-corrected chi connectivity index (χ2v) is 2.57. The molecule has 0 amide bonds. The highest BCUT2D eigenvalue weighted by Crippen LogP contribution is 1.89. The molecule has 5 nitrogen and oxygen atoms in total. The molecule has 0 unspecified atom stereocenters. The molecule has 1 aromatic rings. The number of H-pyrrole nitrogens is 1. The normalized spacial score (nSPS) is 9.77. The van der Waals surface area contributed by atoms with Crippen molar-refractivity contribution in [1.82, 2.24) is 4.98 Å². The maximum Gasteiger partial charge on any atom is 0.489 e. The summed E-state index contributed by atoms with van der Waals surface area (Å²) in [5.41, 5.74) is -0.896. The van der Waals surface area contributed by atoms with Gasteiger partial charge in [-0.3, -0.25) is 9.59 Å². The summed E-state index contributed by atoms with van der Waals surface area (Å²) in [5.74, 6) is -0.495. The average molecular weight is 181 g/mol. The molecule has 0 fully saturated rings. The lowest BCUT2D eigenvalue weighted by Crippen LogP contribution is -2.39. The quantitative estimate of drug-likeness (QED) is 0.373. The second kappa shape index (κ2) is 3.55. The third-order valence-electron chi connectivity index (χ3n) is 1.62. The van der Waals surface area contributed by atoms with Crippen LogP contribution in [0.5, 0.6) is 0 Å². The van der Waals surface area contributed by atoms with Crippen molar-refractivity contribution in [3.05, 3.63) is 28.2 Å². The molecule has 1 heterocycles. The molecule has 1 rings (SSSR count). The van der Waals surface area contributed by atoms with Gasteiger partial charge in [-0.25, -0.2) is 0 Å². The van der Waals surface area contributed by atoms with Gasteiger partial charge in [-0.05, 0) is 18.5 Å². The van der Waals surface area contributed by atoms with Gasteiger partial charge < -0.3 is 15.0 Å². The summed E-state index contributed by atoms with van der Waals surface area (Å²) < 4.78 is 0. The van der Waals surface area contributed by atoms with Crippen molar-refractivity contribution < 1.29 is 14.8 Å². The predicted molar refractivity (Wildman–Crippen MR) is 46.9 cm³/mol. The zero-order valence-electron chi connectivity index (χ0n) is 6.94. The fourth-order valence-corrected chi connectivity index (χ4v) is 1.07. The topological polar surface area (TPSA) is 90.4 Å². The van der Waals surface area contributed by atoms with Crippen LogP contribution in [0.4, 0.5) is 0 Å². The molecule has 1 aromatic heterocycles. The molecule has 0 saturated carbocycles. The smallest absolute Gasteiger partial charge is 0.423 e. The highest BCUT2D eigenvalue weighted by molar-refractivity contribution is 6.60. The summed E-state index contributed by atoms with van der Waals surface area (Å²) in [7, 11) is -1.80. The highest BCUT2D eigenvalue weighted by Gasteiger charge is 2.20. The van der Waals surface area contributed by atoms with Gasteiger partial charge in [-0.15, -0.1) is 0 Å². The largest absolute Gasteiger partial charge is 0.489 e. The summed E-state index contributed by atoms with van der Waals surface area (Å²) in [6.07, 6.45) is 1.25. The Labute approximate surface area is 74.2 Å². The standard InChI is InChI=1S/C7H8BNO4/c1-4(10)6-5(8(12)13)2-3-9-7(6)11/h2-3,12-13H,1H3,(H,9,11). The number of nitrogens with one attached hydrogen (secondary N) is 1. The minimum atomic E-state index is -1.80. The van der Waals surface area contributed by atoms with Gasteiger partial charge in [-0.2, -0.15) is 0 Å². The maximum absolute atomic E-state index is 11.1. The minimum Gasteiger partial charge on any atom is -0.423 e. The van der Waals surface area contributed by atoms with E-state index in [2.05, 4.69) is 4.98 Å². The molecule has 0 aromatic carbocycles. The van der Waals surface area contributed by atoms with Crippen molar-refractivity contribution in [2.45, 2.75) is 6.92 Å². The van der Waals surface area contributed by atoms with Gasteiger partial charge in [-0.1, -0.05) is 0 Å². The predicted octanol–water partition coefficient (Wildman–Crippen LogP) is -1.74. The van der Waals surface area contributed by atoms with Gasteiger partial charge in [0.05, 0.1) is 5.56 Å². The molecule has 3 N–H and O–H groups in total. The lowest BCUT2D eigenvalue weighted by Gasteiger charge is -2.02. The number of hydrogen-bond donors (Lipinski definition) is 3. The number of carbonyl (C=O) groups excluding carboxylic acids is 1. The first-order chi connectivity index (χ1) is 6.04. The molecule has 0 aliphatic carbocycles. The van der Waals surface area contributed by atoms with Gasteiger partial charge in [0.15, 0.2) is 5.78 Å². The zero-order valence-corrected chi connectivity index (χ0v) is 6.94. The Balaban J connectivity index is 3.43. The van der Waals surface area contributed by atoms with Crippen molar-refractivity contribution >= 4 is 18.4 Å². The lowest BCUT2D eigenvalue weighted by molar-refractivity contribution is 0.101. The van der Waals surface area contributed by atoms with Crippen LogP contribution in [-0.4, -0.2) is 27.9 Å². The Morgan fingerprint density at radius 1 is 1.54 bits per heavy atom. The van der Waals surface area contributed by atoms with Crippen molar-refractivity contribution in [2.24, 2.45) is 0 Å². The van der Waals surface area contributed by atoms with E-state index in [1.165, 1.54) is 19.2 Å². The van der Waals surface area contributed by atoms with Gasteiger partial charge in [0.25, 0.3) is 5.56 Å². The molecule has 0 bridgehead atoms. The third kappa shape index (κ3) is 1.85. The molecule has 0 aliphatic heterocycles. The van der Waals surface area contributed by atoms with E-state index in [0.717, 1.165) is 0 Å². The van der Waals surface area contributed by atoms with Gasteiger partial charge in [0.1, 0.15) is 0 Å². The van der Waals surface area contributed by atoms with Crippen molar-refractivity contribution in [3.8, 4) is 0 Å². The van der Waals surface area contributed by atoms with E-state index in [1.54, 1.807) is 0 Å². The van der Waals surface area contributed by atoms with E-state index in [0.29, 0.717) is 0 Å². The Morgan fingerprint density at radius 2 is 2.15 bits per heavy atom. The van der Waals surface area contributed by atoms with Crippen molar-refractivity contribution in [2.75, 3.05) is 0 Å². The first-order valence-electron chi connectivity index (χ1n) is 3.62. The first-order valence-corrected chi connectivity index (χ1v) is 3.62. The number of hydrogen-bond acceptors (Lipinski definition) is 4. The van der Waals surface area contributed by atoms with Crippen molar-refractivity contribution in [3.63, 3.8) is 0 Å². The number of pyridine rings is 1. The van der Waals surface area contributed by atoms with E-state index in [4.69, 9.17) is 10.0 Å². The number of carbonyl (C=O) groups is 1. The molecule has 0 atom stereocenters. The lowest BCUT2D eigenvalue weighted by atomic mass is 9.77. The van der Waals surface area contributed by atoms with Crippen LogP contribution in [0.15, 0.2) is 17.1 Å². The molecule has 68 valence electrons. The number of Topliss-reactive ketones (excluding diaryl/α,β-unsaturated/α-hetero) is 1. The minimum absolute atomic E-state index is 0.0729. The van der Waals surface area contributed by atoms with E-state index in [-0.39, 0.29) is 11.0 Å². The maximum atomic E-state index is 11.1. The number of aromatic nitrogens is 1. The zero-order chi connectivity index (χ0) is 10.0. The van der Waals surface area contributed by atoms with Crippen LogP contribution < -0.4 is 11.0 Å². The summed E-state index contributed by atoms with van der Waals surface area (Å²) in [5, 5.41) is 17.7. The second-order valence-electron chi connectivity index (χ2n) is 2.57. The van der Waals surface area contributed by atoms with E-state index in [9.17, 15) is 9.59 Å². The number of rotatable bonds is 2. The highest BCUT2D eigenvalue weighted by atomic mass is 16.4. The monoisotopic (exact) mass is 181 g/mol. The van der Waals surface area contributed by atoms with Crippen LogP contribution in [0, 0.1) is 0 Å². The Kier molecular flexibility index (Phi) is 2.65. The van der Waals surface area contributed by atoms with Crippen molar-refractivity contribution in [1.29, 1.82) is 0 Å². The Bertz CT molecular complexity index is 384. The van der Waals surface area contributed by atoms with Crippen LogP contribution in [0.25, 0.3) is 0 Å². The van der Waals surface area contributed by atoms with Crippen LogP contribution in [-0.2, 0) is 0 Å². The first kappa shape index (κ1) is 9.69. The Hall–Kier alpha value is -1.40. The summed E-state index contributed by atoms with van der Waals surface area (Å²) in [6.45, 7) is 1.19. The molecule has 0 saturated heterocycles. The molecule has 13 heavy (non-hydrogen) atoms. The molecule has 0 radical (unpaired) electrons. The third-order valence-corrected chi connectivity index (χ3v) is 1.62. The molecule has 6 heteroatoms. The van der Waals surface area contributed by atoms with Gasteiger partial charge >= 0.3 is 7.12 Å². The van der Waals surface area contributed by atoms with Gasteiger partial charge in [0, 0.05) is 6.20 Å². The van der Waals surface area contributed by atoms with Crippen LogP contribution >= 0.6 is 0 Å². The van der Waals surface area contributed by atoms with E-state index in [1.807, 2.05) is 0 Å². The molecule has 0 aliphatic rings. The fourth-order valence-electron chi connectivity index (χ4n) is 1.07. The SMILES string of the molecule is CC(=O)c1c(B(O)O)cc[nH]c1=O. The molecular formula is C7H8BNO4. The van der Waals surface area contributed by atoms with E-state index >= 15 is 0 Å².